The largest absolute Gasteiger partial charge is 0.480 e. The minimum absolute atomic E-state index is 0.365. The molecule has 1 unspecified atom stereocenters. The highest BCUT2D eigenvalue weighted by Crippen LogP contribution is 2.08. The summed E-state index contributed by atoms with van der Waals surface area (Å²) in [6.07, 6.45) is 3.46. The fraction of sp³-hybridized carbons (Fsp3) is 0.750. The van der Waals surface area contributed by atoms with Crippen LogP contribution < -0.4 is 0 Å². The van der Waals surface area contributed by atoms with Gasteiger partial charge in [-0.25, -0.2) is 0 Å². The van der Waals surface area contributed by atoms with E-state index in [0.29, 0.717) is 24.7 Å². The van der Waals surface area contributed by atoms with Crippen LogP contribution in [0.4, 0.5) is 0 Å². The zero-order valence-electron chi connectivity index (χ0n) is 11.2. The number of likely N-dealkylation sites (N-methyl/N-ethyl adjacent to an activating group) is 1. The van der Waals surface area contributed by atoms with Crippen molar-refractivity contribution in [3.8, 4) is 0 Å². The van der Waals surface area contributed by atoms with E-state index in [4.69, 9.17) is 9.63 Å². The molecule has 1 atom stereocenters. The van der Waals surface area contributed by atoms with Crippen molar-refractivity contribution in [2.24, 2.45) is 0 Å². The van der Waals surface area contributed by atoms with Crippen molar-refractivity contribution in [1.82, 2.24) is 15.0 Å². The Morgan fingerprint density at radius 1 is 1.50 bits per heavy atom. The third-order valence-electron chi connectivity index (χ3n) is 2.85. The van der Waals surface area contributed by atoms with Crippen LogP contribution in [0, 0.1) is 0 Å². The first-order valence-electron chi connectivity index (χ1n) is 6.33. The Morgan fingerprint density at radius 2 is 2.22 bits per heavy atom. The minimum atomic E-state index is -0.828. The van der Waals surface area contributed by atoms with Gasteiger partial charge in [0.05, 0.1) is 6.54 Å². The average Bonchev–Trinajstić information content (AvgIpc) is 2.74. The van der Waals surface area contributed by atoms with Crippen LogP contribution in [0.2, 0.25) is 0 Å². The molecule has 0 aliphatic rings. The summed E-state index contributed by atoms with van der Waals surface area (Å²) in [4.78, 5) is 17.0. The predicted molar refractivity (Wildman–Crippen MR) is 66.1 cm³/mol. The van der Waals surface area contributed by atoms with E-state index in [1.54, 1.807) is 11.9 Å². The van der Waals surface area contributed by atoms with Gasteiger partial charge < -0.3 is 9.63 Å². The lowest BCUT2D eigenvalue weighted by molar-refractivity contribution is -0.143. The summed E-state index contributed by atoms with van der Waals surface area (Å²) < 4.78 is 5.11. The first kappa shape index (κ1) is 14.6. The van der Waals surface area contributed by atoms with Gasteiger partial charge in [0.1, 0.15) is 6.04 Å². The Bertz CT molecular complexity index is 378. The van der Waals surface area contributed by atoms with Gasteiger partial charge in [0.25, 0.3) is 0 Å². The molecule has 6 heteroatoms. The summed E-state index contributed by atoms with van der Waals surface area (Å²) in [5.41, 5.74) is 0. The number of hydrogen-bond acceptors (Lipinski definition) is 5. The van der Waals surface area contributed by atoms with E-state index in [-0.39, 0.29) is 0 Å². The summed E-state index contributed by atoms with van der Waals surface area (Å²) in [6, 6.07) is -0.518. The van der Waals surface area contributed by atoms with Crippen LogP contribution in [0.5, 0.6) is 0 Å². The molecule has 0 amide bonds. The quantitative estimate of drug-likeness (QED) is 0.761. The van der Waals surface area contributed by atoms with E-state index >= 15 is 0 Å². The number of aliphatic carboxylic acids is 1. The van der Waals surface area contributed by atoms with Crippen LogP contribution in [0.1, 0.15) is 44.8 Å². The zero-order valence-corrected chi connectivity index (χ0v) is 11.2. The Hall–Kier alpha value is -1.43. The molecule has 0 aliphatic heterocycles. The maximum atomic E-state index is 11.0. The van der Waals surface area contributed by atoms with Gasteiger partial charge in [-0.05, 0) is 19.9 Å². The van der Waals surface area contributed by atoms with E-state index in [1.807, 2.05) is 6.92 Å². The molecular weight excluding hydrogens is 234 g/mol. The SMILES string of the molecule is CCCCc1noc(CN(C)C(CC)C(=O)O)n1. The van der Waals surface area contributed by atoms with Crippen molar-refractivity contribution >= 4 is 5.97 Å². The molecule has 1 aromatic rings. The number of aromatic nitrogens is 2. The summed E-state index contributed by atoms with van der Waals surface area (Å²) in [5, 5.41) is 12.9. The number of hydrogen-bond donors (Lipinski definition) is 1. The van der Waals surface area contributed by atoms with Crippen molar-refractivity contribution in [2.75, 3.05) is 7.05 Å². The lowest BCUT2D eigenvalue weighted by Gasteiger charge is -2.21. The van der Waals surface area contributed by atoms with Crippen molar-refractivity contribution in [1.29, 1.82) is 0 Å². The normalized spacial score (nSPS) is 12.9. The van der Waals surface area contributed by atoms with Crippen molar-refractivity contribution in [3.63, 3.8) is 0 Å². The van der Waals surface area contributed by atoms with Crippen LogP contribution in [0.25, 0.3) is 0 Å². The monoisotopic (exact) mass is 255 g/mol. The number of nitrogens with zero attached hydrogens (tertiary/aromatic N) is 3. The molecule has 102 valence electrons. The molecule has 6 nitrogen and oxygen atoms in total. The second kappa shape index (κ2) is 7.10. The van der Waals surface area contributed by atoms with Gasteiger partial charge in [0.2, 0.25) is 5.89 Å². The third kappa shape index (κ3) is 4.10. The maximum absolute atomic E-state index is 11.0. The van der Waals surface area contributed by atoms with Crippen molar-refractivity contribution < 1.29 is 14.4 Å². The van der Waals surface area contributed by atoms with E-state index in [0.717, 1.165) is 19.3 Å². The number of aryl methyl sites for hydroxylation is 1. The maximum Gasteiger partial charge on any atom is 0.320 e. The molecule has 1 N–H and O–H groups in total. The Kier molecular flexibility index (Phi) is 5.77. The highest BCUT2D eigenvalue weighted by Gasteiger charge is 2.22. The number of carbonyl (C=O) groups is 1. The van der Waals surface area contributed by atoms with Gasteiger partial charge in [-0.2, -0.15) is 4.98 Å². The van der Waals surface area contributed by atoms with Gasteiger partial charge in [0, 0.05) is 6.42 Å². The number of carboxylic acids is 1. The molecule has 0 aromatic carbocycles. The number of unbranched alkanes of at least 4 members (excludes halogenated alkanes) is 1. The smallest absolute Gasteiger partial charge is 0.320 e. The molecular formula is C12H21N3O3. The molecule has 0 saturated heterocycles. The fourth-order valence-corrected chi connectivity index (χ4v) is 1.79. The summed E-state index contributed by atoms with van der Waals surface area (Å²) in [5.74, 6) is 0.345. The second-order valence-corrected chi connectivity index (χ2v) is 4.39. The van der Waals surface area contributed by atoms with Gasteiger partial charge in [0.15, 0.2) is 5.82 Å². The fourth-order valence-electron chi connectivity index (χ4n) is 1.79. The average molecular weight is 255 g/mol. The molecule has 0 saturated carbocycles. The van der Waals surface area contributed by atoms with E-state index < -0.39 is 12.0 Å². The summed E-state index contributed by atoms with van der Waals surface area (Å²) >= 11 is 0. The standard InChI is InChI=1S/C12H21N3O3/c1-4-6-7-10-13-11(18-14-10)8-15(3)9(5-2)12(16)17/h9H,4-8H2,1-3H3,(H,16,17). The lowest BCUT2D eigenvalue weighted by Crippen LogP contribution is -2.37. The molecule has 0 aliphatic carbocycles. The Balaban J connectivity index is 2.55. The summed E-state index contributed by atoms with van der Waals surface area (Å²) in [6.45, 7) is 4.31. The van der Waals surface area contributed by atoms with E-state index in [1.165, 1.54) is 0 Å². The van der Waals surface area contributed by atoms with Crippen molar-refractivity contribution in [2.45, 2.75) is 52.1 Å². The molecule has 1 aromatic heterocycles. The van der Waals surface area contributed by atoms with Gasteiger partial charge in [-0.3, -0.25) is 9.69 Å². The molecule has 18 heavy (non-hydrogen) atoms. The Morgan fingerprint density at radius 3 is 2.78 bits per heavy atom. The number of rotatable bonds is 8. The minimum Gasteiger partial charge on any atom is -0.480 e. The molecule has 1 heterocycles. The van der Waals surface area contributed by atoms with Crippen molar-refractivity contribution in [3.05, 3.63) is 11.7 Å². The van der Waals surface area contributed by atoms with Crippen LogP contribution >= 0.6 is 0 Å². The molecule has 0 bridgehead atoms. The molecule has 0 radical (unpaired) electrons. The third-order valence-corrected chi connectivity index (χ3v) is 2.85. The van der Waals surface area contributed by atoms with E-state index in [9.17, 15) is 4.79 Å². The van der Waals surface area contributed by atoms with Gasteiger partial charge in [-0.15, -0.1) is 0 Å². The topological polar surface area (TPSA) is 79.5 Å². The zero-order chi connectivity index (χ0) is 13.5. The second-order valence-electron chi connectivity index (χ2n) is 4.39. The molecule has 1 rings (SSSR count). The lowest BCUT2D eigenvalue weighted by atomic mass is 10.2. The highest BCUT2D eigenvalue weighted by atomic mass is 16.5. The molecule has 0 fully saturated rings. The first-order valence-corrected chi connectivity index (χ1v) is 6.33. The van der Waals surface area contributed by atoms with Gasteiger partial charge >= 0.3 is 5.97 Å². The predicted octanol–water partition coefficient (Wildman–Crippen LogP) is 1.71. The van der Waals surface area contributed by atoms with Crippen LogP contribution in [0.3, 0.4) is 0 Å². The summed E-state index contributed by atoms with van der Waals surface area (Å²) in [7, 11) is 1.75. The first-order chi connectivity index (χ1) is 8.58. The highest BCUT2D eigenvalue weighted by molar-refractivity contribution is 5.73. The van der Waals surface area contributed by atoms with E-state index in [2.05, 4.69) is 17.1 Å². The number of carboxylic acid groups (broad SMARTS) is 1. The van der Waals surface area contributed by atoms with Crippen LogP contribution in [-0.4, -0.2) is 39.2 Å². The van der Waals surface area contributed by atoms with Gasteiger partial charge in [-0.1, -0.05) is 25.4 Å². The van der Waals surface area contributed by atoms with Crippen LogP contribution in [-0.2, 0) is 17.8 Å². The Labute approximate surface area is 107 Å². The van der Waals surface area contributed by atoms with Crippen LogP contribution in [0.15, 0.2) is 4.52 Å². The molecule has 0 spiro atoms.